The van der Waals surface area contributed by atoms with Crippen LogP contribution in [0.5, 0.6) is 0 Å². The summed E-state index contributed by atoms with van der Waals surface area (Å²) in [4.78, 5) is 2.42. The number of nitrogens with one attached hydrogen (secondary N) is 1. The van der Waals surface area contributed by atoms with Gasteiger partial charge in [-0.15, -0.1) is 0 Å². The van der Waals surface area contributed by atoms with E-state index in [2.05, 4.69) is 54.5 Å². The van der Waals surface area contributed by atoms with Gasteiger partial charge in [-0.25, -0.2) is 0 Å². The van der Waals surface area contributed by atoms with Crippen LogP contribution >= 0.6 is 0 Å². The molecule has 1 N–H and O–H groups in total. The smallest absolute Gasteiger partial charge is 0.0230 e. The highest BCUT2D eigenvalue weighted by Gasteiger charge is 2.18. The molecule has 0 heterocycles. The summed E-state index contributed by atoms with van der Waals surface area (Å²) in [6, 6.07) is 11.5. The first-order valence-corrected chi connectivity index (χ1v) is 8.73. The number of benzene rings is 1. The first-order chi connectivity index (χ1) is 10.3. The van der Waals surface area contributed by atoms with Crippen LogP contribution < -0.4 is 5.32 Å². The van der Waals surface area contributed by atoms with E-state index < -0.39 is 0 Å². The fourth-order valence-corrected chi connectivity index (χ4v) is 3.40. The van der Waals surface area contributed by atoms with E-state index in [4.69, 9.17) is 0 Å². The van der Waals surface area contributed by atoms with Crippen LogP contribution in [0.1, 0.15) is 51.0 Å². The van der Waals surface area contributed by atoms with Gasteiger partial charge in [0.15, 0.2) is 0 Å². The van der Waals surface area contributed by atoms with Gasteiger partial charge in [-0.3, -0.25) is 0 Å². The van der Waals surface area contributed by atoms with Crippen LogP contribution in [0.15, 0.2) is 30.3 Å². The molecule has 0 bridgehead atoms. The van der Waals surface area contributed by atoms with Crippen LogP contribution in [0.4, 0.5) is 0 Å². The molecular formula is C19H32N2. The topological polar surface area (TPSA) is 15.3 Å². The molecule has 2 rings (SSSR count). The Kier molecular flexibility index (Phi) is 7.25. The molecule has 0 radical (unpaired) electrons. The molecule has 0 amide bonds. The van der Waals surface area contributed by atoms with Crippen molar-refractivity contribution in [3.8, 4) is 0 Å². The fraction of sp³-hybridized carbons (Fsp3) is 0.684. The lowest BCUT2D eigenvalue weighted by Crippen LogP contribution is -2.35. The van der Waals surface area contributed by atoms with Gasteiger partial charge in [-0.05, 0) is 63.7 Å². The molecule has 1 aliphatic rings. The fourth-order valence-electron chi connectivity index (χ4n) is 3.40. The highest BCUT2D eigenvalue weighted by molar-refractivity contribution is 5.14. The van der Waals surface area contributed by atoms with Gasteiger partial charge < -0.3 is 10.2 Å². The molecule has 0 unspecified atom stereocenters. The zero-order chi connectivity index (χ0) is 14.9. The standard InChI is InChI=1S/C19H32N2/c1-3-17-10-12-19(13-11-17)20-14-7-15-21(2)16-18-8-5-4-6-9-18/h4-6,8-9,17,19-20H,3,7,10-16H2,1-2H3. The van der Waals surface area contributed by atoms with Gasteiger partial charge >= 0.3 is 0 Å². The van der Waals surface area contributed by atoms with E-state index >= 15 is 0 Å². The third kappa shape index (κ3) is 6.19. The van der Waals surface area contributed by atoms with Crippen LogP contribution in [-0.4, -0.2) is 31.1 Å². The minimum atomic E-state index is 0.784. The summed E-state index contributed by atoms with van der Waals surface area (Å²) >= 11 is 0. The van der Waals surface area contributed by atoms with E-state index in [0.29, 0.717) is 0 Å². The maximum Gasteiger partial charge on any atom is 0.0230 e. The zero-order valence-corrected chi connectivity index (χ0v) is 13.9. The summed E-state index contributed by atoms with van der Waals surface area (Å²) in [6.07, 6.45) is 8.26. The third-order valence-electron chi connectivity index (χ3n) is 4.87. The number of hydrogen-bond donors (Lipinski definition) is 1. The molecule has 1 aliphatic carbocycles. The van der Waals surface area contributed by atoms with Gasteiger partial charge in [0.05, 0.1) is 0 Å². The maximum atomic E-state index is 3.76. The van der Waals surface area contributed by atoms with Crippen molar-refractivity contribution in [2.45, 2.75) is 58.0 Å². The largest absolute Gasteiger partial charge is 0.314 e. The Morgan fingerprint density at radius 3 is 2.48 bits per heavy atom. The first kappa shape index (κ1) is 16.5. The normalized spacial score (nSPS) is 22.6. The van der Waals surface area contributed by atoms with Gasteiger partial charge in [0.2, 0.25) is 0 Å². The minimum Gasteiger partial charge on any atom is -0.314 e. The summed E-state index contributed by atoms with van der Waals surface area (Å²) in [5.74, 6) is 1.00. The Balaban J connectivity index is 1.53. The Labute approximate surface area is 130 Å². The van der Waals surface area contributed by atoms with Crippen molar-refractivity contribution in [2.24, 2.45) is 5.92 Å². The highest BCUT2D eigenvalue weighted by Crippen LogP contribution is 2.26. The lowest BCUT2D eigenvalue weighted by atomic mass is 9.84. The SMILES string of the molecule is CCC1CCC(NCCCN(C)Cc2ccccc2)CC1. The summed E-state index contributed by atoms with van der Waals surface area (Å²) < 4.78 is 0. The van der Waals surface area contributed by atoms with E-state index in [1.54, 1.807) is 0 Å². The molecule has 0 spiro atoms. The van der Waals surface area contributed by atoms with Gasteiger partial charge in [0, 0.05) is 12.6 Å². The molecule has 0 atom stereocenters. The molecule has 0 aromatic heterocycles. The van der Waals surface area contributed by atoms with Crippen LogP contribution in [0, 0.1) is 5.92 Å². The third-order valence-corrected chi connectivity index (χ3v) is 4.87. The van der Waals surface area contributed by atoms with Crippen LogP contribution in [0.2, 0.25) is 0 Å². The molecule has 0 saturated heterocycles. The number of nitrogens with zero attached hydrogens (tertiary/aromatic N) is 1. The Hall–Kier alpha value is -0.860. The van der Waals surface area contributed by atoms with Gasteiger partial charge in [-0.1, -0.05) is 43.7 Å². The Bertz CT molecular complexity index is 368. The molecule has 118 valence electrons. The molecule has 1 fully saturated rings. The Morgan fingerprint density at radius 1 is 1.10 bits per heavy atom. The van der Waals surface area contributed by atoms with Crippen molar-refractivity contribution in [3.63, 3.8) is 0 Å². The predicted octanol–water partition coefficient (Wildman–Crippen LogP) is 4.07. The molecule has 2 nitrogen and oxygen atoms in total. The summed E-state index contributed by atoms with van der Waals surface area (Å²) in [7, 11) is 2.22. The molecular weight excluding hydrogens is 256 g/mol. The van der Waals surface area contributed by atoms with Crippen molar-refractivity contribution in [1.82, 2.24) is 10.2 Å². The molecule has 1 saturated carbocycles. The van der Waals surface area contributed by atoms with Gasteiger partial charge in [0.25, 0.3) is 0 Å². The molecule has 1 aromatic rings. The average Bonchev–Trinajstić information content (AvgIpc) is 2.53. The van der Waals surface area contributed by atoms with E-state index in [1.165, 1.54) is 57.2 Å². The Morgan fingerprint density at radius 2 is 1.81 bits per heavy atom. The van der Waals surface area contributed by atoms with E-state index in [1.807, 2.05) is 0 Å². The molecule has 1 aromatic carbocycles. The van der Waals surface area contributed by atoms with Crippen LogP contribution in [0.3, 0.4) is 0 Å². The van der Waals surface area contributed by atoms with Gasteiger partial charge in [-0.2, -0.15) is 0 Å². The molecule has 0 aliphatic heterocycles. The summed E-state index contributed by atoms with van der Waals surface area (Å²) in [5.41, 5.74) is 1.41. The lowest BCUT2D eigenvalue weighted by molar-refractivity contribution is 0.275. The van der Waals surface area contributed by atoms with Crippen molar-refractivity contribution < 1.29 is 0 Å². The second-order valence-corrected chi connectivity index (χ2v) is 6.66. The van der Waals surface area contributed by atoms with Crippen molar-refractivity contribution >= 4 is 0 Å². The molecule has 2 heteroatoms. The van der Waals surface area contributed by atoms with E-state index in [0.717, 1.165) is 18.5 Å². The summed E-state index contributed by atoms with van der Waals surface area (Å²) in [5, 5.41) is 3.76. The lowest BCUT2D eigenvalue weighted by Gasteiger charge is -2.28. The van der Waals surface area contributed by atoms with Crippen LogP contribution in [0.25, 0.3) is 0 Å². The van der Waals surface area contributed by atoms with Crippen molar-refractivity contribution in [3.05, 3.63) is 35.9 Å². The average molecular weight is 288 g/mol. The van der Waals surface area contributed by atoms with Crippen molar-refractivity contribution in [2.75, 3.05) is 20.1 Å². The maximum absolute atomic E-state index is 3.76. The second-order valence-electron chi connectivity index (χ2n) is 6.66. The molecule has 21 heavy (non-hydrogen) atoms. The highest BCUT2D eigenvalue weighted by atomic mass is 15.1. The summed E-state index contributed by atoms with van der Waals surface area (Å²) in [6.45, 7) is 5.73. The number of rotatable bonds is 8. The van der Waals surface area contributed by atoms with Gasteiger partial charge in [0.1, 0.15) is 0 Å². The van der Waals surface area contributed by atoms with Crippen LogP contribution in [-0.2, 0) is 6.54 Å². The second kappa shape index (κ2) is 9.22. The van der Waals surface area contributed by atoms with Crippen molar-refractivity contribution in [1.29, 1.82) is 0 Å². The quantitative estimate of drug-likeness (QED) is 0.726. The minimum absolute atomic E-state index is 0.784. The monoisotopic (exact) mass is 288 g/mol. The first-order valence-electron chi connectivity index (χ1n) is 8.73. The van der Waals surface area contributed by atoms with E-state index in [-0.39, 0.29) is 0 Å². The predicted molar refractivity (Wildman–Crippen MR) is 91.4 cm³/mol. The number of hydrogen-bond acceptors (Lipinski definition) is 2. The zero-order valence-electron chi connectivity index (χ0n) is 13.9. The van der Waals surface area contributed by atoms with E-state index in [9.17, 15) is 0 Å².